The Morgan fingerprint density at radius 1 is 1.03 bits per heavy atom. The number of amides is 3. The number of nitrogens with one attached hydrogen (secondary N) is 1. The average molecular weight is 393 g/mol. The molecule has 4 rings (SSSR count). The van der Waals surface area contributed by atoms with E-state index in [1.54, 1.807) is 4.90 Å². The van der Waals surface area contributed by atoms with Crippen molar-refractivity contribution in [1.82, 2.24) is 15.1 Å². The van der Waals surface area contributed by atoms with Crippen LogP contribution in [0, 0.1) is 5.92 Å². The van der Waals surface area contributed by atoms with Crippen LogP contribution in [0.1, 0.15) is 36.0 Å². The number of fused-ring (bicyclic) bond motifs is 1. The molecule has 152 valence electrons. The maximum absolute atomic E-state index is 12.7. The SMILES string of the molecule is O=C(NCC1CCCN(C(=O)CN2CCCC2=O)C1)c1cccc2ccccc12. The lowest BCUT2D eigenvalue weighted by Crippen LogP contribution is -2.47. The number of rotatable bonds is 5. The number of benzene rings is 2. The second kappa shape index (κ2) is 8.64. The van der Waals surface area contributed by atoms with Crippen molar-refractivity contribution in [3.8, 4) is 0 Å². The Balaban J connectivity index is 1.33. The minimum atomic E-state index is -0.0760. The Bertz CT molecular complexity index is 921. The largest absolute Gasteiger partial charge is 0.352 e. The molecule has 0 aliphatic carbocycles. The molecule has 2 heterocycles. The molecule has 29 heavy (non-hydrogen) atoms. The van der Waals surface area contributed by atoms with Crippen molar-refractivity contribution in [2.45, 2.75) is 25.7 Å². The van der Waals surface area contributed by atoms with Gasteiger partial charge < -0.3 is 15.1 Å². The van der Waals surface area contributed by atoms with Crippen molar-refractivity contribution in [3.05, 3.63) is 48.0 Å². The second-order valence-electron chi connectivity index (χ2n) is 8.00. The van der Waals surface area contributed by atoms with Crippen LogP contribution < -0.4 is 5.32 Å². The summed E-state index contributed by atoms with van der Waals surface area (Å²) in [5.41, 5.74) is 0.680. The molecular formula is C23H27N3O3. The molecule has 0 saturated carbocycles. The van der Waals surface area contributed by atoms with Crippen molar-refractivity contribution >= 4 is 28.5 Å². The van der Waals surface area contributed by atoms with Crippen LogP contribution in [0.5, 0.6) is 0 Å². The number of piperidine rings is 1. The van der Waals surface area contributed by atoms with Gasteiger partial charge in [-0.3, -0.25) is 14.4 Å². The fraction of sp³-hybridized carbons (Fsp3) is 0.435. The summed E-state index contributed by atoms with van der Waals surface area (Å²) in [6.45, 7) is 2.79. The highest BCUT2D eigenvalue weighted by atomic mass is 16.2. The Morgan fingerprint density at radius 3 is 2.69 bits per heavy atom. The average Bonchev–Trinajstić information content (AvgIpc) is 3.16. The lowest BCUT2D eigenvalue weighted by molar-refractivity contribution is -0.139. The van der Waals surface area contributed by atoms with Gasteiger partial charge in [0.15, 0.2) is 0 Å². The van der Waals surface area contributed by atoms with Crippen molar-refractivity contribution in [1.29, 1.82) is 0 Å². The first-order valence-corrected chi connectivity index (χ1v) is 10.4. The Hall–Kier alpha value is -2.89. The third-order valence-electron chi connectivity index (χ3n) is 5.95. The molecule has 3 amide bonds. The zero-order valence-electron chi connectivity index (χ0n) is 16.6. The summed E-state index contributed by atoms with van der Waals surface area (Å²) >= 11 is 0. The van der Waals surface area contributed by atoms with E-state index in [1.807, 2.05) is 47.4 Å². The Labute approximate surface area is 170 Å². The quantitative estimate of drug-likeness (QED) is 0.848. The zero-order valence-corrected chi connectivity index (χ0v) is 16.6. The summed E-state index contributed by atoms with van der Waals surface area (Å²) < 4.78 is 0. The van der Waals surface area contributed by atoms with Crippen molar-refractivity contribution < 1.29 is 14.4 Å². The molecule has 0 aromatic heterocycles. The van der Waals surface area contributed by atoms with Crippen molar-refractivity contribution in [3.63, 3.8) is 0 Å². The fourth-order valence-corrected chi connectivity index (χ4v) is 4.35. The molecule has 2 aromatic rings. The summed E-state index contributed by atoms with van der Waals surface area (Å²) in [7, 11) is 0. The van der Waals surface area contributed by atoms with Gasteiger partial charge in [0.25, 0.3) is 5.91 Å². The van der Waals surface area contributed by atoms with Crippen LogP contribution in [0.2, 0.25) is 0 Å². The van der Waals surface area contributed by atoms with E-state index in [9.17, 15) is 14.4 Å². The predicted molar refractivity (Wildman–Crippen MR) is 111 cm³/mol. The van der Waals surface area contributed by atoms with Crippen LogP contribution in [0.3, 0.4) is 0 Å². The summed E-state index contributed by atoms with van der Waals surface area (Å²) in [5.74, 6) is 0.258. The van der Waals surface area contributed by atoms with E-state index < -0.39 is 0 Å². The van der Waals surface area contributed by atoms with Crippen LogP contribution in [0.15, 0.2) is 42.5 Å². The molecule has 2 aliphatic heterocycles. The number of hydrogen-bond donors (Lipinski definition) is 1. The van der Waals surface area contributed by atoms with Gasteiger partial charge in [-0.15, -0.1) is 0 Å². The van der Waals surface area contributed by atoms with E-state index in [2.05, 4.69) is 5.32 Å². The second-order valence-corrected chi connectivity index (χ2v) is 8.00. The van der Waals surface area contributed by atoms with E-state index in [1.165, 1.54) is 0 Å². The number of nitrogens with zero attached hydrogens (tertiary/aromatic N) is 2. The highest BCUT2D eigenvalue weighted by Gasteiger charge is 2.28. The Morgan fingerprint density at radius 2 is 1.86 bits per heavy atom. The van der Waals surface area contributed by atoms with E-state index in [0.717, 1.165) is 36.6 Å². The number of hydrogen-bond acceptors (Lipinski definition) is 3. The number of likely N-dealkylation sites (tertiary alicyclic amines) is 2. The lowest BCUT2D eigenvalue weighted by atomic mass is 9.97. The molecule has 6 nitrogen and oxygen atoms in total. The van der Waals surface area contributed by atoms with Gasteiger partial charge in [0.1, 0.15) is 0 Å². The van der Waals surface area contributed by atoms with Gasteiger partial charge in [0.2, 0.25) is 11.8 Å². The first kappa shape index (κ1) is 19.4. The van der Waals surface area contributed by atoms with Crippen molar-refractivity contribution in [2.75, 3.05) is 32.7 Å². The molecule has 2 aliphatic rings. The van der Waals surface area contributed by atoms with E-state index in [4.69, 9.17) is 0 Å². The zero-order chi connectivity index (χ0) is 20.2. The highest BCUT2D eigenvalue weighted by Crippen LogP contribution is 2.20. The van der Waals surface area contributed by atoms with Gasteiger partial charge in [-0.2, -0.15) is 0 Å². The first-order valence-electron chi connectivity index (χ1n) is 10.4. The monoisotopic (exact) mass is 393 g/mol. The lowest BCUT2D eigenvalue weighted by Gasteiger charge is -2.34. The summed E-state index contributed by atoms with van der Waals surface area (Å²) in [5, 5.41) is 5.05. The van der Waals surface area contributed by atoms with E-state index in [-0.39, 0.29) is 30.2 Å². The van der Waals surface area contributed by atoms with Gasteiger partial charge in [-0.1, -0.05) is 36.4 Å². The van der Waals surface area contributed by atoms with Gasteiger partial charge in [-0.25, -0.2) is 0 Å². The summed E-state index contributed by atoms with van der Waals surface area (Å²) in [4.78, 5) is 40.6. The normalized spacial score (nSPS) is 19.6. The minimum absolute atomic E-state index is 0.0188. The van der Waals surface area contributed by atoms with E-state index >= 15 is 0 Å². The molecular weight excluding hydrogens is 366 g/mol. The standard InChI is InChI=1S/C23H27N3O3/c27-21-11-5-13-26(21)16-22(28)25-12-4-6-17(15-25)14-24-23(29)20-10-3-8-18-7-1-2-9-19(18)20/h1-3,7-10,17H,4-6,11-16H2,(H,24,29). The predicted octanol–water partition coefficient (Wildman–Crippen LogP) is 2.43. The van der Waals surface area contributed by atoms with Crippen molar-refractivity contribution in [2.24, 2.45) is 5.92 Å². The minimum Gasteiger partial charge on any atom is -0.352 e. The number of carbonyl (C=O) groups is 3. The van der Waals surface area contributed by atoms with Crippen LogP contribution in [-0.4, -0.2) is 60.2 Å². The van der Waals surface area contributed by atoms with Gasteiger partial charge in [-0.05, 0) is 42.0 Å². The topological polar surface area (TPSA) is 69.7 Å². The fourth-order valence-electron chi connectivity index (χ4n) is 4.35. The first-order chi connectivity index (χ1) is 14.1. The maximum Gasteiger partial charge on any atom is 0.251 e. The van der Waals surface area contributed by atoms with Crippen LogP contribution in [0.25, 0.3) is 10.8 Å². The molecule has 0 spiro atoms. The van der Waals surface area contributed by atoms with Gasteiger partial charge in [0, 0.05) is 38.2 Å². The maximum atomic E-state index is 12.7. The molecule has 2 saturated heterocycles. The molecule has 1 atom stereocenters. The smallest absolute Gasteiger partial charge is 0.251 e. The number of carbonyl (C=O) groups excluding carboxylic acids is 3. The van der Waals surface area contributed by atoms with Gasteiger partial charge >= 0.3 is 0 Å². The third kappa shape index (κ3) is 4.42. The molecule has 1 N–H and O–H groups in total. The molecule has 0 radical (unpaired) electrons. The molecule has 0 bridgehead atoms. The summed E-state index contributed by atoms with van der Waals surface area (Å²) in [6.07, 6.45) is 3.31. The molecule has 2 fully saturated rings. The van der Waals surface area contributed by atoms with E-state index in [0.29, 0.717) is 31.6 Å². The molecule has 6 heteroatoms. The van der Waals surface area contributed by atoms with Gasteiger partial charge in [0.05, 0.1) is 6.54 Å². The molecule has 2 aromatic carbocycles. The highest BCUT2D eigenvalue weighted by molar-refractivity contribution is 6.07. The third-order valence-corrected chi connectivity index (χ3v) is 5.95. The Kier molecular flexibility index (Phi) is 5.79. The van der Waals surface area contributed by atoms with Crippen LogP contribution in [-0.2, 0) is 9.59 Å². The molecule has 1 unspecified atom stereocenters. The summed E-state index contributed by atoms with van der Waals surface area (Å²) in [6, 6.07) is 13.6. The van der Waals surface area contributed by atoms with Crippen LogP contribution >= 0.6 is 0 Å². The van der Waals surface area contributed by atoms with Crippen LogP contribution in [0.4, 0.5) is 0 Å².